The maximum atomic E-state index is 12.0. The molecule has 6 heteroatoms. The highest BCUT2D eigenvalue weighted by atomic mass is 35.5. The van der Waals surface area contributed by atoms with E-state index in [1.54, 1.807) is 19.0 Å². The van der Waals surface area contributed by atoms with Crippen molar-refractivity contribution in [2.45, 2.75) is 12.8 Å². The molecule has 0 aliphatic rings. The molecule has 3 rings (SSSR count). The third-order valence-electron chi connectivity index (χ3n) is 3.73. The zero-order valence-electron chi connectivity index (χ0n) is 13.6. The molecule has 1 amide bonds. The Kier molecular flexibility index (Phi) is 4.73. The van der Waals surface area contributed by atoms with Crippen LogP contribution in [0.4, 0.5) is 0 Å². The van der Waals surface area contributed by atoms with E-state index < -0.39 is 0 Å². The van der Waals surface area contributed by atoms with Gasteiger partial charge in [0.25, 0.3) is 5.19 Å². The smallest absolute Gasteiger partial charge is 0.279 e. The van der Waals surface area contributed by atoms with Gasteiger partial charge in [-0.05, 0) is 42.8 Å². The van der Waals surface area contributed by atoms with Gasteiger partial charge in [-0.2, -0.15) is 0 Å². The Labute approximate surface area is 149 Å². The summed E-state index contributed by atoms with van der Waals surface area (Å²) in [5.41, 5.74) is 1.82. The second-order valence-electron chi connectivity index (χ2n) is 5.72. The van der Waals surface area contributed by atoms with Crippen molar-refractivity contribution in [2.24, 2.45) is 0 Å². The molecule has 0 radical (unpaired) electrons. The summed E-state index contributed by atoms with van der Waals surface area (Å²) >= 11 is 7.44. The van der Waals surface area contributed by atoms with E-state index in [0.29, 0.717) is 16.0 Å². The Hall–Kier alpha value is -2.11. The van der Waals surface area contributed by atoms with E-state index in [0.717, 1.165) is 15.8 Å². The second kappa shape index (κ2) is 6.79. The van der Waals surface area contributed by atoms with Gasteiger partial charge >= 0.3 is 0 Å². The molecule has 0 N–H and O–H groups in total. The number of halogens is 1. The zero-order valence-corrected chi connectivity index (χ0v) is 15.2. The Morgan fingerprint density at radius 1 is 1.21 bits per heavy atom. The molecule has 0 saturated carbocycles. The monoisotopic (exact) mass is 360 g/mol. The molecule has 2 aromatic carbocycles. The largest absolute Gasteiger partial charge is 0.431 e. The summed E-state index contributed by atoms with van der Waals surface area (Å²) in [6, 6.07) is 13.1. The molecule has 0 aliphatic carbocycles. The predicted molar refractivity (Wildman–Crippen MR) is 98.3 cm³/mol. The normalized spacial score (nSPS) is 12.2. The molecule has 24 heavy (non-hydrogen) atoms. The number of ether oxygens (including phenoxy) is 1. The number of hydrogen-bond donors (Lipinski definition) is 0. The van der Waals surface area contributed by atoms with Crippen LogP contribution < -0.4 is 4.74 Å². The number of likely N-dealkylation sites (N-methyl/N-ethyl adjacent to an activating group) is 1. The van der Waals surface area contributed by atoms with Gasteiger partial charge in [0.1, 0.15) is 5.75 Å². The van der Waals surface area contributed by atoms with Crippen LogP contribution in [0.15, 0.2) is 42.5 Å². The van der Waals surface area contributed by atoms with Crippen molar-refractivity contribution in [1.82, 2.24) is 9.88 Å². The summed E-state index contributed by atoms with van der Waals surface area (Å²) < 4.78 is 6.80. The van der Waals surface area contributed by atoms with E-state index in [-0.39, 0.29) is 11.8 Å². The highest BCUT2D eigenvalue weighted by Gasteiger charge is 2.17. The average molecular weight is 361 g/mol. The quantitative estimate of drug-likeness (QED) is 0.662. The molecule has 1 heterocycles. The maximum Gasteiger partial charge on any atom is 0.279 e. The molecule has 1 atom stereocenters. The fourth-order valence-electron chi connectivity index (χ4n) is 2.38. The van der Waals surface area contributed by atoms with Gasteiger partial charge in [0.05, 0.1) is 16.1 Å². The summed E-state index contributed by atoms with van der Waals surface area (Å²) in [6.45, 7) is 1.90. The van der Waals surface area contributed by atoms with Crippen LogP contribution in [0.25, 0.3) is 10.2 Å². The van der Waals surface area contributed by atoms with Gasteiger partial charge in [-0.25, -0.2) is 4.98 Å². The average Bonchev–Trinajstić information content (AvgIpc) is 2.95. The molecule has 4 nitrogen and oxygen atoms in total. The number of carbonyl (C=O) groups excluding carboxylic acids is 1. The minimum absolute atomic E-state index is 0.0757. The Balaban J connectivity index is 1.76. The fraction of sp³-hybridized carbons (Fsp3) is 0.222. The number of aromatic nitrogens is 1. The van der Waals surface area contributed by atoms with Crippen LogP contribution >= 0.6 is 22.9 Å². The SMILES string of the molecule is CC(C(=O)N(C)C)c1ccc(Oc2nc3ccc(Cl)cc3s2)cc1. The van der Waals surface area contributed by atoms with E-state index in [2.05, 4.69) is 4.98 Å². The van der Waals surface area contributed by atoms with Crippen molar-refractivity contribution in [3.05, 3.63) is 53.1 Å². The number of rotatable bonds is 4. The van der Waals surface area contributed by atoms with E-state index in [1.165, 1.54) is 11.3 Å². The number of carbonyl (C=O) groups is 1. The number of fused-ring (bicyclic) bond motifs is 1. The van der Waals surface area contributed by atoms with Crippen LogP contribution in [-0.4, -0.2) is 29.9 Å². The van der Waals surface area contributed by atoms with E-state index in [9.17, 15) is 4.79 Å². The minimum Gasteiger partial charge on any atom is -0.431 e. The first-order valence-electron chi connectivity index (χ1n) is 7.49. The molecule has 0 spiro atoms. The fourth-order valence-corrected chi connectivity index (χ4v) is 3.49. The van der Waals surface area contributed by atoms with Crippen LogP contribution in [0.1, 0.15) is 18.4 Å². The summed E-state index contributed by atoms with van der Waals surface area (Å²) in [5, 5.41) is 1.25. The van der Waals surface area contributed by atoms with Crippen LogP contribution in [0.2, 0.25) is 5.02 Å². The molecule has 0 saturated heterocycles. The number of hydrogen-bond acceptors (Lipinski definition) is 4. The molecule has 1 aromatic heterocycles. The molecule has 0 fully saturated rings. The molecular formula is C18H17ClN2O2S. The van der Waals surface area contributed by atoms with Gasteiger partial charge in [0.15, 0.2) is 0 Å². The van der Waals surface area contributed by atoms with Crippen molar-refractivity contribution in [3.63, 3.8) is 0 Å². The number of nitrogens with zero attached hydrogens (tertiary/aromatic N) is 2. The third-order valence-corrected chi connectivity index (χ3v) is 4.86. The number of amides is 1. The standard InChI is InChI=1S/C18H17ClN2O2S/c1-11(17(22)21(2)3)12-4-7-14(8-5-12)23-18-20-15-9-6-13(19)10-16(15)24-18/h4-11H,1-3H3. The lowest BCUT2D eigenvalue weighted by atomic mass is 10.00. The first kappa shape index (κ1) is 16.7. The van der Waals surface area contributed by atoms with Crippen molar-refractivity contribution in [1.29, 1.82) is 0 Å². The van der Waals surface area contributed by atoms with Crippen molar-refractivity contribution in [2.75, 3.05) is 14.1 Å². The lowest BCUT2D eigenvalue weighted by Crippen LogP contribution is -2.26. The van der Waals surface area contributed by atoms with E-state index >= 15 is 0 Å². The molecule has 3 aromatic rings. The molecule has 1 unspecified atom stereocenters. The molecular weight excluding hydrogens is 344 g/mol. The molecule has 0 aliphatic heterocycles. The highest BCUT2D eigenvalue weighted by Crippen LogP contribution is 2.33. The summed E-state index contributed by atoms with van der Waals surface area (Å²) in [6.07, 6.45) is 0. The third kappa shape index (κ3) is 3.52. The topological polar surface area (TPSA) is 42.4 Å². The van der Waals surface area contributed by atoms with Gasteiger partial charge in [-0.1, -0.05) is 35.1 Å². The maximum absolute atomic E-state index is 12.0. The van der Waals surface area contributed by atoms with Crippen molar-refractivity contribution >= 4 is 39.1 Å². The minimum atomic E-state index is -0.182. The Morgan fingerprint density at radius 3 is 2.58 bits per heavy atom. The van der Waals surface area contributed by atoms with E-state index in [4.69, 9.17) is 16.3 Å². The van der Waals surface area contributed by atoms with Crippen LogP contribution in [0, 0.1) is 0 Å². The predicted octanol–water partition coefficient (Wildman–Crippen LogP) is 4.93. The van der Waals surface area contributed by atoms with Gasteiger partial charge in [-0.3, -0.25) is 4.79 Å². The Bertz CT molecular complexity index is 874. The van der Waals surface area contributed by atoms with Gasteiger partial charge in [0, 0.05) is 19.1 Å². The van der Waals surface area contributed by atoms with E-state index in [1.807, 2.05) is 49.4 Å². The van der Waals surface area contributed by atoms with Gasteiger partial charge in [-0.15, -0.1) is 0 Å². The van der Waals surface area contributed by atoms with Crippen LogP contribution in [-0.2, 0) is 4.79 Å². The van der Waals surface area contributed by atoms with Crippen molar-refractivity contribution < 1.29 is 9.53 Å². The lowest BCUT2D eigenvalue weighted by molar-refractivity contribution is -0.129. The number of thiazole rings is 1. The molecule has 0 bridgehead atoms. The summed E-state index contributed by atoms with van der Waals surface area (Å²) in [4.78, 5) is 18.1. The highest BCUT2D eigenvalue weighted by molar-refractivity contribution is 7.20. The summed E-state index contributed by atoms with van der Waals surface area (Å²) in [5.74, 6) is 0.582. The first-order chi connectivity index (χ1) is 11.4. The van der Waals surface area contributed by atoms with Crippen LogP contribution in [0.5, 0.6) is 10.9 Å². The van der Waals surface area contributed by atoms with Crippen molar-refractivity contribution in [3.8, 4) is 10.9 Å². The van der Waals surface area contributed by atoms with Crippen LogP contribution in [0.3, 0.4) is 0 Å². The molecule has 124 valence electrons. The van der Waals surface area contributed by atoms with Gasteiger partial charge < -0.3 is 9.64 Å². The number of benzene rings is 2. The summed E-state index contributed by atoms with van der Waals surface area (Å²) in [7, 11) is 3.52. The second-order valence-corrected chi connectivity index (χ2v) is 7.15. The zero-order chi connectivity index (χ0) is 17.3. The lowest BCUT2D eigenvalue weighted by Gasteiger charge is -2.17. The Morgan fingerprint density at radius 2 is 1.92 bits per heavy atom. The van der Waals surface area contributed by atoms with Gasteiger partial charge in [0.2, 0.25) is 5.91 Å². The first-order valence-corrected chi connectivity index (χ1v) is 8.68.